The number of carbonyl (C=O) groups is 2. The fourth-order valence-corrected chi connectivity index (χ4v) is 5.32. The van der Waals surface area contributed by atoms with Crippen LogP contribution >= 0.6 is 0 Å². The van der Waals surface area contributed by atoms with E-state index in [1.807, 2.05) is 83.7 Å². The van der Waals surface area contributed by atoms with Crippen LogP contribution in [0.25, 0.3) is 22.6 Å². The smallest absolute Gasteiger partial charge is 0.307 e. The van der Waals surface area contributed by atoms with Gasteiger partial charge in [-0.25, -0.2) is 0 Å². The van der Waals surface area contributed by atoms with Crippen LogP contribution in [0.3, 0.4) is 0 Å². The molecule has 3 heterocycles. The number of nitrogens with one attached hydrogen (secondary N) is 2. The number of unbranched alkanes of at least 4 members (excludes halogenated alkanes) is 2. The Morgan fingerprint density at radius 3 is 2.46 bits per heavy atom. The van der Waals surface area contributed by atoms with Crippen LogP contribution in [-0.4, -0.2) is 59.9 Å². The molecule has 0 aliphatic rings. The summed E-state index contributed by atoms with van der Waals surface area (Å²) in [6.07, 6.45) is 6.98. The number of ether oxygens (including phenoxy) is 1. The minimum atomic E-state index is -0.430. The van der Waals surface area contributed by atoms with Gasteiger partial charge >= 0.3 is 5.97 Å². The number of esters is 1. The number of hydrogen-bond donors (Lipinski definition) is 2. The number of rotatable bonds is 16. The largest absolute Gasteiger partial charge is 0.466 e. The first-order valence-electron chi connectivity index (χ1n) is 15.9. The number of aromatic nitrogens is 7. The Kier molecular flexibility index (Phi) is 11.4. The lowest BCUT2D eigenvalue weighted by molar-refractivity contribution is -0.144. The number of tetrazole rings is 1. The van der Waals surface area contributed by atoms with Crippen molar-refractivity contribution in [2.45, 2.75) is 71.4 Å². The van der Waals surface area contributed by atoms with Gasteiger partial charge in [-0.1, -0.05) is 93.8 Å². The fourth-order valence-electron chi connectivity index (χ4n) is 5.32. The number of benzene rings is 2. The maximum atomic E-state index is 13.5. The zero-order valence-electron chi connectivity index (χ0n) is 26.4. The summed E-state index contributed by atoms with van der Waals surface area (Å²) in [5.41, 5.74) is 5.76. The van der Waals surface area contributed by atoms with E-state index < -0.39 is 6.04 Å². The molecule has 0 spiro atoms. The number of carbonyl (C=O) groups excluding carboxylic acids is 2. The average Bonchev–Trinajstić information content (AvgIpc) is 3.75. The summed E-state index contributed by atoms with van der Waals surface area (Å²) in [6, 6.07) is 23.0. The highest BCUT2D eigenvalue weighted by atomic mass is 16.5. The predicted octanol–water partition coefficient (Wildman–Crippen LogP) is 5.59. The molecule has 0 fully saturated rings. The van der Waals surface area contributed by atoms with Crippen molar-refractivity contribution in [2.75, 3.05) is 6.61 Å². The molecule has 46 heavy (non-hydrogen) atoms. The monoisotopic (exact) mass is 620 g/mol. The Balaban J connectivity index is 1.29. The molecule has 5 aromatic rings. The summed E-state index contributed by atoms with van der Waals surface area (Å²) in [5, 5.41) is 22.2. The first kappa shape index (κ1) is 32.2. The van der Waals surface area contributed by atoms with E-state index in [0.29, 0.717) is 31.1 Å². The van der Waals surface area contributed by atoms with Crippen molar-refractivity contribution in [3.8, 4) is 22.6 Å². The van der Waals surface area contributed by atoms with Crippen LogP contribution in [0.1, 0.15) is 73.3 Å². The summed E-state index contributed by atoms with van der Waals surface area (Å²) in [5.74, 6) is -0.129. The maximum Gasteiger partial charge on any atom is 0.307 e. The number of aromatic amines is 1. The Labute approximate surface area is 268 Å². The van der Waals surface area contributed by atoms with Crippen molar-refractivity contribution in [2.24, 2.45) is 0 Å². The standard InChI is InChI=1S/C35H40N8O3/c1-3-5-11-19-46-33(44)21-27(20-25-13-7-6-8-14-25)37-35(45)32-22-28(12-4-2)43(40-32)24-26-17-18-31(36-23-26)29-15-9-10-16-30(29)34-38-41-42-39-34/h6-10,13-18,22-23,27H,3-5,11-12,19-21,24H2,1-2H3,(H,37,45)(H,38,39,41,42). The van der Waals surface area contributed by atoms with Gasteiger partial charge in [0.15, 0.2) is 0 Å². The van der Waals surface area contributed by atoms with Crippen LogP contribution in [0.15, 0.2) is 79.0 Å². The average molecular weight is 621 g/mol. The Morgan fingerprint density at radius 2 is 1.74 bits per heavy atom. The Hall–Kier alpha value is -5.19. The molecular weight excluding hydrogens is 580 g/mol. The Morgan fingerprint density at radius 1 is 0.935 bits per heavy atom. The van der Waals surface area contributed by atoms with Crippen LogP contribution in [0.5, 0.6) is 0 Å². The van der Waals surface area contributed by atoms with Gasteiger partial charge in [-0.2, -0.15) is 10.3 Å². The third kappa shape index (κ3) is 8.71. The summed E-state index contributed by atoms with van der Waals surface area (Å²) in [4.78, 5) is 30.9. The third-order valence-electron chi connectivity index (χ3n) is 7.63. The first-order chi connectivity index (χ1) is 22.5. The molecule has 2 aromatic carbocycles. The molecule has 3 aromatic heterocycles. The zero-order valence-corrected chi connectivity index (χ0v) is 26.4. The molecule has 1 atom stereocenters. The highest BCUT2D eigenvalue weighted by Gasteiger charge is 2.22. The lowest BCUT2D eigenvalue weighted by Gasteiger charge is -2.18. The van der Waals surface area contributed by atoms with E-state index in [9.17, 15) is 9.59 Å². The van der Waals surface area contributed by atoms with Gasteiger partial charge < -0.3 is 10.1 Å². The molecule has 0 radical (unpaired) electrons. The molecule has 0 saturated heterocycles. The van der Waals surface area contributed by atoms with Crippen molar-refractivity contribution in [3.63, 3.8) is 0 Å². The molecule has 0 bridgehead atoms. The van der Waals surface area contributed by atoms with Crippen LogP contribution in [-0.2, 0) is 28.9 Å². The molecule has 1 amide bonds. The number of nitrogens with zero attached hydrogens (tertiary/aromatic N) is 6. The summed E-state index contributed by atoms with van der Waals surface area (Å²) in [6.45, 7) is 5.05. The second-order valence-electron chi connectivity index (χ2n) is 11.3. The highest BCUT2D eigenvalue weighted by molar-refractivity contribution is 5.93. The second kappa shape index (κ2) is 16.2. The van der Waals surface area contributed by atoms with E-state index in [2.05, 4.69) is 39.8 Å². The van der Waals surface area contributed by atoms with Gasteiger partial charge in [0, 0.05) is 29.1 Å². The van der Waals surface area contributed by atoms with E-state index in [0.717, 1.165) is 65.7 Å². The molecular formula is C35H40N8O3. The number of aryl methyl sites for hydroxylation is 1. The molecule has 5 rings (SSSR count). The first-order valence-corrected chi connectivity index (χ1v) is 15.9. The molecule has 2 N–H and O–H groups in total. The molecule has 0 aliphatic carbocycles. The van der Waals surface area contributed by atoms with E-state index in [4.69, 9.17) is 14.8 Å². The molecule has 1 unspecified atom stereocenters. The maximum absolute atomic E-state index is 13.5. The summed E-state index contributed by atoms with van der Waals surface area (Å²) in [7, 11) is 0. The number of pyridine rings is 1. The van der Waals surface area contributed by atoms with Crippen molar-refractivity contribution in [1.82, 2.24) is 40.7 Å². The minimum Gasteiger partial charge on any atom is -0.466 e. The quantitative estimate of drug-likeness (QED) is 0.107. The zero-order chi connectivity index (χ0) is 32.1. The lowest BCUT2D eigenvalue weighted by Crippen LogP contribution is -2.38. The SMILES string of the molecule is CCCCCOC(=O)CC(Cc1ccccc1)NC(=O)c1cc(CCC)n(Cc2ccc(-c3ccccc3-c3nn[nH]n3)nc2)n1. The topological polar surface area (TPSA) is 141 Å². The van der Waals surface area contributed by atoms with Crippen molar-refractivity contribution < 1.29 is 14.3 Å². The van der Waals surface area contributed by atoms with Crippen molar-refractivity contribution in [1.29, 1.82) is 0 Å². The van der Waals surface area contributed by atoms with E-state index in [-0.39, 0.29) is 18.3 Å². The van der Waals surface area contributed by atoms with Gasteiger partial charge in [0.25, 0.3) is 5.91 Å². The Bertz CT molecular complexity index is 1680. The molecule has 238 valence electrons. The van der Waals surface area contributed by atoms with E-state index in [1.54, 1.807) is 0 Å². The third-order valence-corrected chi connectivity index (χ3v) is 7.63. The number of hydrogen-bond acceptors (Lipinski definition) is 8. The summed E-state index contributed by atoms with van der Waals surface area (Å²) >= 11 is 0. The van der Waals surface area contributed by atoms with Gasteiger partial charge in [-0.05, 0) is 47.7 Å². The van der Waals surface area contributed by atoms with Crippen LogP contribution in [0, 0.1) is 0 Å². The fraction of sp³-hybridized carbons (Fsp3) is 0.343. The minimum absolute atomic E-state index is 0.0865. The van der Waals surface area contributed by atoms with E-state index in [1.165, 1.54) is 0 Å². The number of H-pyrrole nitrogens is 1. The van der Waals surface area contributed by atoms with Gasteiger partial charge in [-0.3, -0.25) is 19.3 Å². The van der Waals surface area contributed by atoms with Crippen LogP contribution in [0.4, 0.5) is 0 Å². The predicted molar refractivity (Wildman–Crippen MR) is 175 cm³/mol. The lowest BCUT2D eigenvalue weighted by atomic mass is 10.0. The van der Waals surface area contributed by atoms with Gasteiger partial charge in [-0.15, -0.1) is 10.2 Å². The van der Waals surface area contributed by atoms with E-state index >= 15 is 0 Å². The normalized spacial score (nSPS) is 11.7. The van der Waals surface area contributed by atoms with Gasteiger partial charge in [0.05, 0.1) is 25.3 Å². The van der Waals surface area contributed by atoms with Crippen molar-refractivity contribution >= 4 is 11.9 Å². The molecule has 11 heteroatoms. The highest BCUT2D eigenvalue weighted by Crippen LogP contribution is 2.28. The van der Waals surface area contributed by atoms with Crippen molar-refractivity contribution in [3.05, 3.63) is 102 Å². The van der Waals surface area contributed by atoms with Gasteiger partial charge in [0.2, 0.25) is 5.82 Å². The van der Waals surface area contributed by atoms with Crippen LogP contribution in [0.2, 0.25) is 0 Å². The molecule has 11 nitrogen and oxygen atoms in total. The second-order valence-corrected chi connectivity index (χ2v) is 11.3. The van der Waals surface area contributed by atoms with Crippen LogP contribution < -0.4 is 5.32 Å². The molecule has 0 saturated carbocycles. The number of amides is 1. The van der Waals surface area contributed by atoms with Gasteiger partial charge in [0.1, 0.15) is 5.69 Å². The molecule has 0 aliphatic heterocycles. The summed E-state index contributed by atoms with van der Waals surface area (Å²) < 4.78 is 7.31.